The van der Waals surface area contributed by atoms with Crippen LogP contribution in [0.5, 0.6) is 0 Å². The van der Waals surface area contributed by atoms with Crippen molar-refractivity contribution in [2.24, 2.45) is 0 Å². The quantitative estimate of drug-likeness (QED) is 0.729. The summed E-state index contributed by atoms with van der Waals surface area (Å²) >= 11 is 0. The number of amides is 2. The summed E-state index contributed by atoms with van der Waals surface area (Å²) in [6.07, 6.45) is 0. The molecule has 1 heterocycles. The van der Waals surface area contributed by atoms with Gasteiger partial charge in [-0.1, -0.05) is 78.9 Å². The second kappa shape index (κ2) is 7.69. The molecule has 0 aromatic heterocycles. The first-order valence-corrected chi connectivity index (χ1v) is 9.44. The van der Waals surface area contributed by atoms with E-state index in [-0.39, 0.29) is 17.9 Å². The lowest BCUT2D eigenvalue weighted by molar-refractivity contribution is -0.126. The van der Waals surface area contributed by atoms with Crippen LogP contribution in [0.25, 0.3) is 0 Å². The molecule has 4 heteroatoms. The van der Waals surface area contributed by atoms with Gasteiger partial charge in [-0.2, -0.15) is 0 Å². The Labute approximate surface area is 164 Å². The summed E-state index contributed by atoms with van der Waals surface area (Å²) in [7, 11) is 0. The fraction of sp³-hybridized carbons (Fsp3) is 0.167. The van der Waals surface area contributed by atoms with Gasteiger partial charge in [-0.15, -0.1) is 0 Å². The first-order chi connectivity index (χ1) is 13.6. The standard InChI is InChI=1S/C24H22N2O2/c1-17(18-10-4-2-5-11-18)25-23(27)22(19-12-6-3-7-13-19)26-16-20-14-8-9-15-21(20)24(26)28/h2-15,17,22H,16H2,1H3,(H,25,27)/t17-,22+/m1/s1. The molecule has 0 aliphatic carbocycles. The minimum atomic E-state index is -0.674. The van der Waals surface area contributed by atoms with E-state index >= 15 is 0 Å². The molecule has 2 amide bonds. The van der Waals surface area contributed by atoms with Gasteiger partial charge in [0.15, 0.2) is 0 Å². The van der Waals surface area contributed by atoms with E-state index in [0.29, 0.717) is 12.1 Å². The smallest absolute Gasteiger partial charge is 0.255 e. The van der Waals surface area contributed by atoms with Crippen molar-refractivity contribution in [3.8, 4) is 0 Å². The predicted octanol–water partition coefficient (Wildman–Crippen LogP) is 4.26. The summed E-state index contributed by atoms with van der Waals surface area (Å²) < 4.78 is 0. The van der Waals surface area contributed by atoms with Crippen molar-refractivity contribution in [1.82, 2.24) is 10.2 Å². The highest BCUT2D eigenvalue weighted by molar-refractivity contribution is 6.01. The zero-order chi connectivity index (χ0) is 19.5. The molecule has 0 unspecified atom stereocenters. The van der Waals surface area contributed by atoms with Crippen molar-refractivity contribution in [1.29, 1.82) is 0 Å². The second-order valence-corrected chi connectivity index (χ2v) is 7.04. The van der Waals surface area contributed by atoms with Gasteiger partial charge in [0.05, 0.1) is 6.04 Å². The lowest BCUT2D eigenvalue weighted by Gasteiger charge is -2.28. The number of rotatable bonds is 5. The van der Waals surface area contributed by atoms with E-state index in [2.05, 4.69) is 5.32 Å². The number of nitrogens with one attached hydrogen (secondary N) is 1. The molecule has 4 rings (SSSR count). The molecule has 0 spiro atoms. The summed E-state index contributed by atoms with van der Waals surface area (Å²) in [5.74, 6) is -0.282. The van der Waals surface area contributed by atoms with Gasteiger partial charge in [0.2, 0.25) is 5.91 Å². The minimum Gasteiger partial charge on any atom is -0.347 e. The van der Waals surface area contributed by atoms with Crippen LogP contribution in [0.1, 0.15) is 46.1 Å². The maximum atomic E-state index is 13.3. The second-order valence-electron chi connectivity index (χ2n) is 7.04. The molecule has 0 saturated carbocycles. The van der Waals surface area contributed by atoms with Crippen LogP contribution in [-0.2, 0) is 11.3 Å². The number of nitrogens with zero attached hydrogens (tertiary/aromatic N) is 1. The van der Waals surface area contributed by atoms with E-state index in [1.165, 1.54) is 0 Å². The summed E-state index contributed by atoms with van der Waals surface area (Å²) in [5, 5.41) is 3.09. The number of fused-ring (bicyclic) bond motifs is 1. The van der Waals surface area contributed by atoms with Crippen molar-refractivity contribution < 1.29 is 9.59 Å². The molecule has 1 N–H and O–H groups in total. The van der Waals surface area contributed by atoms with E-state index in [1.807, 2.05) is 91.9 Å². The average molecular weight is 370 g/mol. The van der Waals surface area contributed by atoms with Gasteiger partial charge in [0, 0.05) is 12.1 Å². The van der Waals surface area contributed by atoms with Crippen LogP contribution in [0.3, 0.4) is 0 Å². The fourth-order valence-electron chi connectivity index (χ4n) is 3.71. The Bertz CT molecular complexity index is 986. The number of hydrogen-bond donors (Lipinski definition) is 1. The molecule has 3 aromatic carbocycles. The Hall–Kier alpha value is -3.40. The highest BCUT2D eigenvalue weighted by atomic mass is 16.2. The van der Waals surface area contributed by atoms with Gasteiger partial charge < -0.3 is 10.2 Å². The molecule has 0 bridgehead atoms. The number of benzene rings is 3. The van der Waals surface area contributed by atoms with Crippen LogP contribution in [0.4, 0.5) is 0 Å². The molecule has 0 radical (unpaired) electrons. The minimum absolute atomic E-state index is 0.105. The van der Waals surface area contributed by atoms with Crippen LogP contribution >= 0.6 is 0 Å². The topological polar surface area (TPSA) is 49.4 Å². The molecular weight excluding hydrogens is 348 g/mol. The Kier molecular flexibility index (Phi) is 4.94. The van der Waals surface area contributed by atoms with E-state index in [1.54, 1.807) is 4.90 Å². The molecule has 4 nitrogen and oxygen atoms in total. The maximum Gasteiger partial charge on any atom is 0.255 e. The largest absolute Gasteiger partial charge is 0.347 e. The fourth-order valence-corrected chi connectivity index (χ4v) is 3.71. The molecule has 3 aromatic rings. The molecule has 1 aliphatic heterocycles. The van der Waals surface area contributed by atoms with E-state index in [4.69, 9.17) is 0 Å². The third-order valence-corrected chi connectivity index (χ3v) is 5.18. The zero-order valence-corrected chi connectivity index (χ0v) is 15.7. The Morgan fingerprint density at radius 3 is 2.07 bits per heavy atom. The number of carbonyl (C=O) groups is 2. The molecular formula is C24H22N2O2. The molecule has 2 atom stereocenters. The van der Waals surface area contributed by atoms with Crippen LogP contribution in [0, 0.1) is 0 Å². The van der Waals surface area contributed by atoms with Crippen molar-refractivity contribution in [3.05, 3.63) is 107 Å². The van der Waals surface area contributed by atoms with Crippen molar-refractivity contribution in [2.45, 2.75) is 25.6 Å². The predicted molar refractivity (Wildman–Crippen MR) is 108 cm³/mol. The normalized spacial score (nSPS) is 15.0. The monoisotopic (exact) mass is 370 g/mol. The summed E-state index contributed by atoms with van der Waals surface area (Å²) in [6.45, 7) is 2.39. The van der Waals surface area contributed by atoms with Gasteiger partial charge in [-0.05, 0) is 29.7 Å². The Balaban J connectivity index is 1.64. The van der Waals surface area contributed by atoms with Crippen LogP contribution in [0.2, 0.25) is 0 Å². The maximum absolute atomic E-state index is 13.3. The van der Waals surface area contributed by atoms with Gasteiger partial charge in [0.1, 0.15) is 6.04 Å². The number of hydrogen-bond acceptors (Lipinski definition) is 2. The molecule has 0 fully saturated rings. The van der Waals surface area contributed by atoms with Crippen molar-refractivity contribution in [3.63, 3.8) is 0 Å². The van der Waals surface area contributed by atoms with Crippen LogP contribution in [-0.4, -0.2) is 16.7 Å². The third-order valence-electron chi connectivity index (χ3n) is 5.18. The van der Waals surface area contributed by atoms with Gasteiger partial charge in [-0.25, -0.2) is 0 Å². The van der Waals surface area contributed by atoms with Gasteiger partial charge in [-0.3, -0.25) is 9.59 Å². The zero-order valence-electron chi connectivity index (χ0n) is 15.7. The summed E-state index contributed by atoms with van der Waals surface area (Å²) in [4.78, 5) is 28.0. The Morgan fingerprint density at radius 1 is 0.857 bits per heavy atom. The third kappa shape index (κ3) is 3.41. The molecule has 140 valence electrons. The highest BCUT2D eigenvalue weighted by Gasteiger charge is 2.37. The first kappa shape index (κ1) is 18.0. The van der Waals surface area contributed by atoms with Crippen LogP contribution < -0.4 is 5.32 Å². The molecule has 0 saturated heterocycles. The summed E-state index contributed by atoms with van der Waals surface area (Å²) in [5.41, 5.74) is 3.46. The highest BCUT2D eigenvalue weighted by Crippen LogP contribution is 2.32. The van der Waals surface area contributed by atoms with Gasteiger partial charge >= 0.3 is 0 Å². The van der Waals surface area contributed by atoms with E-state index < -0.39 is 6.04 Å². The average Bonchev–Trinajstić information content (AvgIpc) is 3.06. The summed E-state index contributed by atoms with van der Waals surface area (Å²) in [6, 6.07) is 26.0. The lowest BCUT2D eigenvalue weighted by Crippen LogP contribution is -2.41. The van der Waals surface area contributed by atoms with Crippen molar-refractivity contribution in [2.75, 3.05) is 0 Å². The van der Waals surface area contributed by atoms with Crippen LogP contribution in [0.15, 0.2) is 84.9 Å². The molecule has 1 aliphatic rings. The molecule has 28 heavy (non-hydrogen) atoms. The number of carbonyl (C=O) groups excluding carboxylic acids is 2. The Morgan fingerprint density at radius 2 is 1.43 bits per heavy atom. The van der Waals surface area contributed by atoms with E-state index in [9.17, 15) is 9.59 Å². The lowest BCUT2D eigenvalue weighted by atomic mass is 10.0. The van der Waals surface area contributed by atoms with Gasteiger partial charge in [0.25, 0.3) is 5.91 Å². The first-order valence-electron chi connectivity index (χ1n) is 9.44. The van der Waals surface area contributed by atoms with Crippen molar-refractivity contribution >= 4 is 11.8 Å². The van der Waals surface area contributed by atoms with E-state index in [0.717, 1.165) is 16.7 Å². The SMILES string of the molecule is C[C@@H](NC(=O)[C@H](c1ccccc1)N1Cc2ccccc2C1=O)c1ccccc1.